The molecular formula is C14H11NO4. The molecule has 5 nitrogen and oxygen atoms in total. The summed E-state index contributed by atoms with van der Waals surface area (Å²) in [6.45, 7) is 0. The second-order valence-corrected chi connectivity index (χ2v) is 4.35. The Kier molecular flexibility index (Phi) is 2.13. The Hall–Kier alpha value is -2.82. The van der Waals surface area contributed by atoms with Crippen LogP contribution in [-0.4, -0.2) is 20.4 Å². The van der Waals surface area contributed by atoms with E-state index in [4.69, 9.17) is 5.73 Å². The van der Waals surface area contributed by atoms with Crippen molar-refractivity contribution in [2.45, 2.75) is 0 Å². The molecule has 0 aliphatic heterocycles. The van der Waals surface area contributed by atoms with Crippen molar-refractivity contribution in [2.75, 3.05) is 5.73 Å². The van der Waals surface area contributed by atoms with Gasteiger partial charge in [-0.3, -0.25) is 0 Å². The van der Waals surface area contributed by atoms with Gasteiger partial charge in [0.2, 0.25) is 0 Å². The molecule has 0 aliphatic carbocycles. The van der Waals surface area contributed by atoms with Crippen LogP contribution >= 0.6 is 0 Å². The van der Waals surface area contributed by atoms with Crippen LogP contribution in [0.4, 0.5) is 5.69 Å². The summed E-state index contributed by atoms with van der Waals surface area (Å²) in [5.41, 5.74) is 6.37. The molecule has 0 aromatic heterocycles. The third-order valence-corrected chi connectivity index (χ3v) is 3.26. The van der Waals surface area contributed by atoms with Gasteiger partial charge in [0.15, 0.2) is 23.0 Å². The zero-order valence-electron chi connectivity index (χ0n) is 9.75. The molecule has 0 atom stereocenters. The van der Waals surface area contributed by atoms with E-state index < -0.39 is 0 Å². The molecule has 96 valence electrons. The van der Waals surface area contributed by atoms with Gasteiger partial charge in [-0.1, -0.05) is 0 Å². The van der Waals surface area contributed by atoms with Crippen molar-refractivity contribution >= 4 is 27.2 Å². The van der Waals surface area contributed by atoms with E-state index in [1.165, 1.54) is 18.2 Å². The predicted octanol–water partition coefficient (Wildman–Crippen LogP) is 2.40. The standard InChI is InChI=1S/C14H11NO4/c15-12-6-1-3-10(16)13(18)8(6)5-9-7(12)2-4-11(17)14(9)19/h1-5,16-19H,15H2. The Morgan fingerprint density at radius 1 is 0.632 bits per heavy atom. The lowest BCUT2D eigenvalue weighted by molar-refractivity contribution is 0.407. The van der Waals surface area contributed by atoms with Gasteiger partial charge in [0.05, 0.1) is 0 Å². The van der Waals surface area contributed by atoms with Gasteiger partial charge in [-0.15, -0.1) is 0 Å². The number of phenols is 4. The first-order valence-electron chi connectivity index (χ1n) is 5.58. The lowest BCUT2D eigenvalue weighted by Gasteiger charge is -2.11. The van der Waals surface area contributed by atoms with Gasteiger partial charge in [-0.25, -0.2) is 0 Å². The average Bonchev–Trinajstić information content (AvgIpc) is 2.39. The number of benzene rings is 3. The Morgan fingerprint density at radius 3 is 1.47 bits per heavy atom. The average molecular weight is 257 g/mol. The number of phenolic OH excluding ortho intramolecular Hbond substituents is 4. The second-order valence-electron chi connectivity index (χ2n) is 4.35. The number of hydrogen-bond donors (Lipinski definition) is 5. The van der Waals surface area contributed by atoms with Crippen molar-refractivity contribution in [2.24, 2.45) is 0 Å². The van der Waals surface area contributed by atoms with Gasteiger partial charge in [0.25, 0.3) is 0 Å². The molecule has 0 heterocycles. The molecule has 0 aliphatic rings. The highest BCUT2D eigenvalue weighted by atomic mass is 16.3. The maximum absolute atomic E-state index is 9.85. The first kappa shape index (κ1) is 11.3. The van der Waals surface area contributed by atoms with Crippen LogP contribution in [0.3, 0.4) is 0 Å². The highest BCUT2D eigenvalue weighted by Crippen LogP contribution is 2.43. The van der Waals surface area contributed by atoms with Gasteiger partial charge in [-0.05, 0) is 30.3 Å². The number of rotatable bonds is 0. The summed E-state index contributed by atoms with van der Waals surface area (Å²) in [7, 11) is 0. The SMILES string of the molecule is Nc1c2ccc(O)c(O)c2cc2c(O)c(O)ccc12. The molecule has 6 N–H and O–H groups in total. The van der Waals surface area contributed by atoms with E-state index >= 15 is 0 Å². The summed E-state index contributed by atoms with van der Waals surface area (Å²) in [6.07, 6.45) is 0. The van der Waals surface area contributed by atoms with E-state index in [9.17, 15) is 20.4 Å². The van der Waals surface area contributed by atoms with Gasteiger partial charge in [0.1, 0.15) is 0 Å². The summed E-state index contributed by atoms with van der Waals surface area (Å²) < 4.78 is 0. The number of nitrogen functional groups attached to an aromatic ring is 1. The molecule has 0 amide bonds. The number of fused-ring (bicyclic) bond motifs is 2. The van der Waals surface area contributed by atoms with E-state index in [2.05, 4.69) is 0 Å². The zero-order chi connectivity index (χ0) is 13.7. The number of anilines is 1. The Labute approximate surface area is 107 Å². The molecule has 0 radical (unpaired) electrons. The highest BCUT2D eigenvalue weighted by Gasteiger charge is 2.14. The van der Waals surface area contributed by atoms with E-state index in [1.807, 2.05) is 0 Å². The smallest absolute Gasteiger partial charge is 0.165 e. The van der Waals surface area contributed by atoms with Gasteiger partial charge in [0, 0.05) is 27.2 Å². The maximum atomic E-state index is 9.85. The molecule has 3 aromatic carbocycles. The summed E-state index contributed by atoms with van der Waals surface area (Å²) in [6, 6.07) is 7.34. The fourth-order valence-corrected chi connectivity index (χ4v) is 2.24. The minimum atomic E-state index is -0.311. The molecule has 0 bridgehead atoms. The van der Waals surface area contributed by atoms with E-state index in [-0.39, 0.29) is 23.0 Å². The quantitative estimate of drug-likeness (QED) is 0.241. The number of hydrogen-bond acceptors (Lipinski definition) is 5. The molecule has 0 fully saturated rings. The third-order valence-electron chi connectivity index (χ3n) is 3.26. The van der Waals surface area contributed by atoms with E-state index in [0.29, 0.717) is 27.2 Å². The van der Waals surface area contributed by atoms with Gasteiger partial charge in [-0.2, -0.15) is 0 Å². The number of aromatic hydroxyl groups is 4. The van der Waals surface area contributed by atoms with Crippen molar-refractivity contribution in [1.29, 1.82) is 0 Å². The van der Waals surface area contributed by atoms with Crippen molar-refractivity contribution < 1.29 is 20.4 Å². The fourth-order valence-electron chi connectivity index (χ4n) is 2.24. The van der Waals surface area contributed by atoms with Gasteiger partial charge < -0.3 is 26.2 Å². The van der Waals surface area contributed by atoms with Crippen LogP contribution in [0.25, 0.3) is 21.5 Å². The third kappa shape index (κ3) is 1.41. The van der Waals surface area contributed by atoms with Crippen molar-refractivity contribution in [1.82, 2.24) is 0 Å². The summed E-state index contributed by atoms with van der Waals surface area (Å²) >= 11 is 0. The molecule has 3 aromatic rings. The predicted molar refractivity (Wildman–Crippen MR) is 72.5 cm³/mol. The van der Waals surface area contributed by atoms with Crippen LogP contribution in [0, 0.1) is 0 Å². The van der Waals surface area contributed by atoms with Crippen LogP contribution in [-0.2, 0) is 0 Å². The summed E-state index contributed by atoms with van der Waals surface area (Å²) in [5.74, 6) is -1.17. The summed E-state index contributed by atoms with van der Waals surface area (Å²) in [5, 5.41) is 40.5. The fraction of sp³-hybridized carbons (Fsp3) is 0. The lowest BCUT2D eigenvalue weighted by atomic mass is 9.99. The molecule has 19 heavy (non-hydrogen) atoms. The summed E-state index contributed by atoms with van der Waals surface area (Å²) in [4.78, 5) is 0. The van der Waals surface area contributed by atoms with E-state index in [1.54, 1.807) is 12.1 Å². The van der Waals surface area contributed by atoms with Crippen LogP contribution in [0.2, 0.25) is 0 Å². The van der Waals surface area contributed by atoms with E-state index in [0.717, 1.165) is 0 Å². The maximum Gasteiger partial charge on any atom is 0.165 e. The molecule has 5 heteroatoms. The molecule has 0 saturated carbocycles. The minimum absolute atomic E-state index is 0.272. The first-order valence-corrected chi connectivity index (χ1v) is 5.58. The minimum Gasteiger partial charge on any atom is -0.504 e. The monoisotopic (exact) mass is 257 g/mol. The molecule has 0 unspecified atom stereocenters. The topological polar surface area (TPSA) is 107 Å². The molecule has 0 saturated heterocycles. The van der Waals surface area contributed by atoms with Crippen LogP contribution in [0.15, 0.2) is 30.3 Å². The van der Waals surface area contributed by atoms with Gasteiger partial charge >= 0.3 is 0 Å². The normalized spacial score (nSPS) is 11.2. The largest absolute Gasteiger partial charge is 0.504 e. The Morgan fingerprint density at radius 2 is 1.05 bits per heavy atom. The highest BCUT2D eigenvalue weighted by molar-refractivity contribution is 6.14. The van der Waals surface area contributed by atoms with Crippen molar-refractivity contribution in [3.8, 4) is 23.0 Å². The Balaban J connectivity index is 2.60. The number of nitrogens with two attached hydrogens (primary N) is 1. The van der Waals surface area contributed by atoms with Crippen molar-refractivity contribution in [3.05, 3.63) is 30.3 Å². The van der Waals surface area contributed by atoms with Crippen molar-refractivity contribution in [3.63, 3.8) is 0 Å². The molecular weight excluding hydrogens is 246 g/mol. The Bertz CT molecular complexity index is 761. The zero-order valence-corrected chi connectivity index (χ0v) is 9.75. The molecule has 3 rings (SSSR count). The van der Waals surface area contributed by atoms with Crippen LogP contribution in [0.1, 0.15) is 0 Å². The van der Waals surface area contributed by atoms with Crippen LogP contribution < -0.4 is 5.73 Å². The van der Waals surface area contributed by atoms with Crippen LogP contribution in [0.5, 0.6) is 23.0 Å². The molecule has 0 spiro atoms. The lowest BCUT2D eigenvalue weighted by Crippen LogP contribution is -1.90. The second kappa shape index (κ2) is 3.58. The first-order chi connectivity index (χ1) is 9.00.